The van der Waals surface area contributed by atoms with Crippen molar-refractivity contribution in [2.45, 2.75) is 24.4 Å². The zero-order chi connectivity index (χ0) is 10.6. The van der Waals surface area contributed by atoms with E-state index in [1.165, 1.54) is 0 Å². The fraction of sp³-hybridized carbons (Fsp3) is 1.00. The average molecular weight is 229 g/mol. The van der Waals surface area contributed by atoms with Crippen molar-refractivity contribution in [1.29, 1.82) is 0 Å². The van der Waals surface area contributed by atoms with Crippen LogP contribution >= 0.6 is 11.8 Å². The Hall–Kier alpha value is 0.0600. The lowest BCUT2D eigenvalue weighted by molar-refractivity contribution is -0.0329. The van der Waals surface area contributed by atoms with Crippen molar-refractivity contribution in [3.05, 3.63) is 0 Å². The van der Waals surface area contributed by atoms with Gasteiger partial charge in [0, 0.05) is 18.3 Å². The van der Waals surface area contributed by atoms with E-state index in [0.717, 1.165) is 19.4 Å². The highest BCUT2D eigenvalue weighted by molar-refractivity contribution is 8.00. The zero-order valence-corrected chi connectivity index (χ0v) is 8.57. The standard InChI is InChI=1S/C8H14F3NOS/c9-8(10,11)14-5-4-12-3-1-2-7(12)6-13/h7,13H,1-6H2/t7-/m0/s1. The molecule has 1 N–H and O–H groups in total. The number of alkyl halides is 3. The predicted molar refractivity (Wildman–Crippen MR) is 50.2 cm³/mol. The molecule has 1 aliphatic rings. The van der Waals surface area contributed by atoms with Crippen LogP contribution in [0, 0.1) is 0 Å². The van der Waals surface area contributed by atoms with Crippen molar-refractivity contribution in [2.75, 3.05) is 25.4 Å². The molecule has 0 spiro atoms. The van der Waals surface area contributed by atoms with Crippen molar-refractivity contribution in [3.63, 3.8) is 0 Å². The molecule has 14 heavy (non-hydrogen) atoms. The number of likely N-dealkylation sites (tertiary alicyclic amines) is 1. The van der Waals surface area contributed by atoms with Gasteiger partial charge in [0.15, 0.2) is 0 Å². The molecule has 1 rings (SSSR count). The summed E-state index contributed by atoms with van der Waals surface area (Å²) in [5, 5.41) is 8.92. The van der Waals surface area contributed by atoms with Crippen molar-refractivity contribution in [1.82, 2.24) is 4.90 Å². The van der Waals surface area contributed by atoms with Crippen LogP contribution in [-0.4, -0.2) is 47.0 Å². The van der Waals surface area contributed by atoms with Gasteiger partial charge in [-0.05, 0) is 31.1 Å². The molecule has 0 radical (unpaired) electrons. The largest absolute Gasteiger partial charge is 0.441 e. The number of thioether (sulfide) groups is 1. The highest BCUT2D eigenvalue weighted by Crippen LogP contribution is 2.30. The number of aliphatic hydroxyl groups is 1. The summed E-state index contributed by atoms with van der Waals surface area (Å²) >= 11 is 0.00964. The van der Waals surface area contributed by atoms with Crippen LogP contribution in [0.4, 0.5) is 13.2 Å². The number of halogens is 3. The number of aliphatic hydroxyl groups excluding tert-OH is 1. The molecule has 1 heterocycles. The van der Waals surface area contributed by atoms with Crippen molar-refractivity contribution in [3.8, 4) is 0 Å². The van der Waals surface area contributed by atoms with Crippen LogP contribution in [-0.2, 0) is 0 Å². The maximum Gasteiger partial charge on any atom is 0.441 e. The number of hydrogen-bond donors (Lipinski definition) is 1. The summed E-state index contributed by atoms with van der Waals surface area (Å²) in [6.45, 7) is 1.27. The molecule has 0 bridgehead atoms. The summed E-state index contributed by atoms with van der Waals surface area (Å²) in [4.78, 5) is 1.93. The van der Waals surface area contributed by atoms with E-state index in [1.807, 2.05) is 4.90 Å². The first-order chi connectivity index (χ1) is 6.53. The zero-order valence-electron chi connectivity index (χ0n) is 7.76. The third-order valence-electron chi connectivity index (χ3n) is 2.35. The predicted octanol–water partition coefficient (Wildman–Crippen LogP) is 1.70. The number of hydrogen-bond acceptors (Lipinski definition) is 3. The number of nitrogens with zero attached hydrogens (tertiary/aromatic N) is 1. The summed E-state index contributed by atoms with van der Waals surface area (Å²) in [5.41, 5.74) is -4.13. The first kappa shape index (κ1) is 12.1. The van der Waals surface area contributed by atoms with E-state index in [2.05, 4.69) is 0 Å². The lowest BCUT2D eigenvalue weighted by Gasteiger charge is -2.22. The van der Waals surface area contributed by atoms with Gasteiger partial charge in [-0.1, -0.05) is 0 Å². The minimum atomic E-state index is -4.13. The summed E-state index contributed by atoms with van der Waals surface area (Å²) in [7, 11) is 0. The lowest BCUT2D eigenvalue weighted by atomic mass is 10.2. The Kier molecular flexibility index (Phi) is 4.53. The molecule has 1 saturated heterocycles. The lowest BCUT2D eigenvalue weighted by Crippen LogP contribution is -2.34. The average Bonchev–Trinajstić information content (AvgIpc) is 2.49. The first-order valence-corrected chi connectivity index (χ1v) is 5.57. The Morgan fingerprint density at radius 3 is 2.71 bits per heavy atom. The molecule has 6 heteroatoms. The second-order valence-electron chi connectivity index (χ2n) is 3.31. The van der Waals surface area contributed by atoms with Crippen LogP contribution in [0.3, 0.4) is 0 Å². The minimum absolute atomic E-state index is 0.00964. The van der Waals surface area contributed by atoms with Crippen LogP contribution < -0.4 is 0 Å². The Labute approximate surface area is 85.5 Å². The van der Waals surface area contributed by atoms with Gasteiger partial charge in [0.05, 0.1) is 6.61 Å². The first-order valence-electron chi connectivity index (χ1n) is 4.58. The van der Waals surface area contributed by atoms with Gasteiger partial charge < -0.3 is 5.11 Å². The highest BCUT2D eigenvalue weighted by Gasteiger charge is 2.29. The molecule has 1 aliphatic heterocycles. The van der Waals surface area contributed by atoms with Gasteiger partial charge in [-0.3, -0.25) is 4.90 Å². The molecule has 0 aromatic heterocycles. The van der Waals surface area contributed by atoms with Crippen molar-refractivity contribution < 1.29 is 18.3 Å². The van der Waals surface area contributed by atoms with E-state index in [9.17, 15) is 13.2 Å². The maximum atomic E-state index is 11.8. The van der Waals surface area contributed by atoms with E-state index in [-0.39, 0.29) is 30.2 Å². The van der Waals surface area contributed by atoms with Gasteiger partial charge in [0.1, 0.15) is 0 Å². The van der Waals surface area contributed by atoms with E-state index >= 15 is 0 Å². The van der Waals surface area contributed by atoms with Gasteiger partial charge in [0.25, 0.3) is 0 Å². The Bertz CT molecular complexity index is 176. The molecule has 84 valence electrons. The van der Waals surface area contributed by atoms with Gasteiger partial charge in [-0.2, -0.15) is 13.2 Å². The van der Waals surface area contributed by atoms with Gasteiger partial charge in [0.2, 0.25) is 0 Å². The molecule has 0 aromatic carbocycles. The van der Waals surface area contributed by atoms with Crippen LogP contribution in [0.15, 0.2) is 0 Å². The van der Waals surface area contributed by atoms with Crippen LogP contribution in [0.5, 0.6) is 0 Å². The van der Waals surface area contributed by atoms with Gasteiger partial charge in [-0.25, -0.2) is 0 Å². The second-order valence-corrected chi connectivity index (χ2v) is 4.47. The quantitative estimate of drug-likeness (QED) is 0.793. The SMILES string of the molecule is OC[C@@H]1CCCN1CCSC(F)(F)F. The van der Waals surface area contributed by atoms with Crippen LogP contribution in [0.25, 0.3) is 0 Å². The molecule has 0 unspecified atom stereocenters. The molecule has 2 nitrogen and oxygen atoms in total. The van der Waals surface area contributed by atoms with Gasteiger partial charge in [-0.15, -0.1) is 0 Å². The highest BCUT2D eigenvalue weighted by atomic mass is 32.2. The molecule has 0 saturated carbocycles. The normalized spacial score (nSPS) is 24.4. The summed E-state index contributed by atoms with van der Waals surface area (Å²) in [6.07, 6.45) is 1.87. The van der Waals surface area contributed by atoms with Crippen molar-refractivity contribution >= 4 is 11.8 Å². The number of rotatable bonds is 4. The second kappa shape index (κ2) is 5.23. The molecule has 0 aromatic rings. The molecule has 0 aliphatic carbocycles. The topological polar surface area (TPSA) is 23.5 Å². The summed E-state index contributed by atoms with van der Waals surface area (Å²) < 4.78 is 35.4. The Balaban J connectivity index is 2.18. The van der Waals surface area contributed by atoms with Crippen LogP contribution in [0.1, 0.15) is 12.8 Å². The van der Waals surface area contributed by atoms with E-state index in [0.29, 0.717) is 6.54 Å². The molecular weight excluding hydrogens is 215 g/mol. The molecule has 1 fully saturated rings. The minimum Gasteiger partial charge on any atom is -0.395 e. The fourth-order valence-corrected chi connectivity index (χ4v) is 2.23. The van der Waals surface area contributed by atoms with E-state index in [1.54, 1.807) is 0 Å². The smallest absolute Gasteiger partial charge is 0.395 e. The molecule has 1 atom stereocenters. The Morgan fingerprint density at radius 1 is 1.43 bits per heavy atom. The maximum absolute atomic E-state index is 11.8. The van der Waals surface area contributed by atoms with Crippen molar-refractivity contribution in [2.24, 2.45) is 0 Å². The fourth-order valence-electron chi connectivity index (χ4n) is 1.67. The summed E-state index contributed by atoms with van der Waals surface area (Å²) in [6, 6.07) is 0.0730. The van der Waals surface area contributed by atoms with E-state index in [4.69, 9.17) is 5.11 Å². The van der Waals surface area contributed by atoms with Gasteiger partial charge >= 0.3 is 5.51 Å². The monoisotopic (exact) mass is 229 g/mol. The third-order valence-corrected chi connectivity index (χ3v) is 3.07. The summed E-state index contributed by atoms with van der Waals surface area (Å²) in [5.74, 6) is 0.0556. The third kappa shape index (κ3) is 4.06. The molecule has 0 amide bonds. The van der Waals surface area contributed by atoms with Crippen LogP contribution in [0.2, 0.25) is 0 Å². The Morgan fingerprint density at radius 2 is 2.14 bits per heavy atom. The molecular formula is C8H14F3NOS. The van der Waals surface area contributed by atoms with E-state index < -0.39 is 5.51 Å².